The van der Waals surface area contributed by atoms with Gasteiger partial charge in [-0.3, -0.25) is 0 Å². The number of aryl methyl sites for hydroxylation is 1. The van der Waals surface area contributed by atoms with Crippen LogP contribution >= 0.6 is 0 Å². The normalized spacial score (nSPS) is 13.5. The van der Waals surface area contributed by atoms with Gasteiger partial charge in [0.15, 0.2) is 0 Å². The van der Waals surface area contributed by atoms with Gasteiger partial charge in [-0.1, -0.05) is 20.8 Å². The molecule has 0 saturated heterocycles. The van der Waals surface area contributed by atoms with E-state index in [0.717, 1.165) is 5.69 Å². The molecular weight excluding hydrogens is 216 g/mol. The molecule has 0 fully saturated rings. The summed E-state index contributed by atoms with van der Waals surface area (Å²) in [5, 5.41) is 12.4. The van der Waals surface area contributed by atoms with Crippen molar-refractivity contribution in [2.75, 3.05) is 17.7 Å². The zero-order valence-corrected chi connectivity index (χ0v) is 11.0. The average Bonchev–Trinajstić information content (AvgIpc) is 2.13. The topological polar surface area (TPSA) is 84.1 Å². The molecule has 0 bridgehead atoms. The first-order chi connectivity index (χ1) is 7.82. The maximum atomic E-state index is 9.09. The molecule has 0 aliphatic heterocycles. The minimum absolute atomic E-state index is 0.0380. The van der Waals surface area contributed by atoms with Crippen molar-refractivity contribution in [3.63, 3.8) is 0 Å². The van der Waals surface area contributed by atoms with E-state index in [-0.39, 0.29) is 24.0 Å². The number of rotatable bonds is 4. The van der Waals surface area contributed by atoms with Crippen LogP contribution in [0.5, 0.6) is 0 Å². The predicted molar refractivity (Wildman–Crippen MR) is 69.7 cm³/mol. The van der Waals surface area contributed by atoms with Crippen molar-refractivity contribution in [3.8, 4) is 0 Å². The van der Waals surface area contributed by atoms with Crippen LogP contribution < -0.4 is 11.1 Å². The smallest absolute Gasteiger partial charge is 0.222 e. The molecule has 1 rings (SSSR count). The number of hydrogen-bond acceptors (Lipinski definition) is 5. The first-order valence-electron chi connectivity index (χ1n) is 5.81. The first kappa shape index (κ1) is 13.7. The number of nitrogen functional groups attached to an aromatic ring is 1. The van der Waals surface area contributed by atoms with Crippen molar-refractivity contribution in [1.29, 1.82) is 0 Å². The number of hydrogen-bond donors (Lipinski definition) is 3. The lowest BCUT2D eigenvalue weighted by atomic mass is 9.85. The van der Waals surface area contributed by atoms with Crippen molar-refractivity contribution in [1.82, 2.24) is 9.97 Å². The highest BCUT2D eigenvalue weighted by molar-refractivity contribution is 5.41. The summed E-state index contributed by atoms with van der Waals surface area (Å²) < 4.78 is 0. The predicted octanol–water partition coefficient (Wildman–Crippen LogP) is 1.58. The Hall–Kier alpha value is -1.36. The van der Waals surface area contributed by atoms with Crippen LogP contribution in [0.3, 0.4) is 0 Å². The fourth-order valence-corrected chi connectivity index (χ4v) is 1.69. The van der Waals surface area contributed by atoms with Crippen LogP contribution in [-0.4, -0.2) is 27.7 Å². The second-order valence-electron chi connectivity index (χ2n) is 5.33. The van der Waals surface area contributed by atoms with Crippen LogP contribution in [0.25, 0.3) is 0 Å². The van der Waals surface area contributed by atoms with Crippen LogP contribution in [0.15, 0.2) is 6.07 Å². The Morgan fingerprint density at radius 3 is 2.53 bits per heavy atom. The van der Waals surface area contributed by atoms with E-state index in [1.165, 1.54) is 0 Å². The third kappa shape index (κ3) is 4.19. The van der Waals surface area contributed by atoms with Gasteiger partial charge in [0.1, 0.15) is 5.82 Å². The fraction of sp³-hybridized carbons (Fsp3) is 0.667. The van der Waals surface area contributed by atoms with Crippen LogP contribution in [0.1, 0.15) is 32.9 Å². The Kier molecular flexibility index (Phi) is 4.28. The van der Waals surface area contributed by atoms with Crippen LogP contribution in [-0.2, 0) is 0 Å². The number of nitrogens with zero attached hydrogens (tertiary/aromatic N) is 2. The van der Waals surface area contributed by atoms with Crippen molar-refractivity contribution >= 4 is 11.8 Å². The molecule has 0 saturated carbocycles. The Labute approximate surface area is 102 Å². The SMILES string of the molecule is Cc1cc(NC(CCO)C(C)(C)C)nc(N)n1. The molecule has 1 aromatic rings. The lowest BCUT2D eigenvalue weighted by molar-refractivity contribution is 0.235. The molecule has 0 radical (unpaired) electrons. The molecule has 0 amide bonds. The van der Waals surface area contributed by atoms with Crippen molar-refractivity contribution in [3.05, 3.63) is 11.8 Å². The molecule has 0 aliphatic rings. The second kappa shape index (κ2) is 5.31. The first-order valence-corrected chi connectivity index (χ1v) is 5.81. The van der Waals surface area contributed by atoms with Crippen molar-refractivity contribution < 1.29 is 5.11 Å². The highest BCUT2D eigenvalue weighted by atomic mass is 16.3. The van der Waals surface area contributed by atoms with E-state index in [1.807, 2.05) is 13.0 Å². The maximum Gasteiger partial charge on any atom is 0.222 e. The van der Waals surface area contributed by atoms with Gasteiger partial charge >= 0.3 is 0 Å². The largest absolute Gasteiger partial charge is 0.396 e. The number of nitrogens with one attached hydrogen (secondary N) is 1. The van der Waals surface area contributed by atoms with Crippen LogP contribution in [0, 0.1) is 12.3 Å². The molecule has 1 aromatic heterocycles. The van der Waals surface area contributed by atoms with Gasteiger partial charge in [0.05, 0.1) is 0 Å². The lowest BCUT2D eigenvalue weighted by Gasteiger charge is -2.31. The van der Waals surface area contributed by atoms with Gasteiger partial charge < -0.3 is 16.2 Å². The Morgan fingerprint density at radius 2 is 2.06 bits per heavy atom. The van der Waals surface area contributed by atoms with Gasteiger partial charge in [-0.2, -0.15) is 4.98 Å². The van der Waals surface area contributed by atoms with E-state index in [4.69, 9.17) is 10.8 Å². The monoisotopic (exact) mass is 238 g/mol. The van der Waals surface area contributed by atoms with Crippen molar-refractivity contribution in [2.24, 2.45) is 5.41 Å². The summed E-state index contributed by atoms with van der Waals surface area (Å²) in [6.45, 7) is 8.39. The average molecular weight is 238 g/mol. The fourth-order valence-electron chi connectivity index (χ4n) is 1.69. The third-order valence-corrected chi connectivity index (χ3v) is 2.66. The highest BCUT2D eigenvalue weighted by Gasteiger charge is 2.24. The number of aromatic nitrogens is 2. The molecule has 96 valence electrons. The zero-order valence-electron chi connectivity index (χ0n) is 11.0. The number of aliphatic hydroxyl groups excluding tert-OH is 1. The number of anilines is 2. The molecule has 17 heavy (non-hydrogen) atoms. The van der Waals surface area contributed by atoms with Gasteiger partial charge in [0.25, 0.3) is 0 Å². The summed E-state index contributed by atoms with van der Waals surface area (Å²) in [5.74, 6) is 0.979. The zero-order chi connectivity index (χ0) is 13.1. The molecule has 0 aromatic carbocycles. The van der Waals surface area contributed by atoms with Gasteiger partial charge in [-0.25, -0.2) is 4.98 Å². The Balaban J connectivity index is 2.86. The molecule has 1 heterocycles. The summed E-state index contributed by atoms with van der Waals surface area (Å²) in [5.41, 5.74) is 6.47. The lowest BCUT2D eigenvalue weighted by Crippen LogP contribution is -2.35. The summed E-state index contributed by atoms with van der Waals surface area (Å²) in [7, 11) is 0. The summed E-state index contributed by atoms with van der Waals surface area (Å²) >= 11 is 0. The molecule has 5 heteroatoms. The third-order valence-electron chi connectivity index (χ3n) is 2.66. The van der Waals surface area contributed by atoms with E-state index < -0.39 is 0 Å². The Morgan fingerprint density at radius 1 is 1.41 bits per heavy atom. The quantitative estimate of drug-likeness (QED) is 0.741. The van der Waals surface area contributed by atoms with E-state index in [9.17, 15) is 0 Å². The Bertz CT molecular complexity index is 353. The van der Waals surface area contributed by atoms with Gasteiger partial charge in [-0.15, -0.1) is 0 Å². The molecule has 0 spiro atoms. The van der Waals surface area contributed by atoms with Crippen LogP contribution in [0.2, 0.25) is 0 Å². The molecule has 0 aliphatic carbocycles. The molecular formula is C12H22N4O. The maximum absolute atomic E-state index is 9.09. The number of nitrogens with two attached hydrogens (primary N) is 1. The van der Waals surface area contributed by atoms with Gasteiger partial charge in [0, 0.05) is 24.4 Å². The molecule has 1 atom stereocenters. The summed E-state index contributed by atoms with van der Waals surface area (Å²) in [6, 6.07) is 1.99. The minimum Gasteiger partial charge on any atom is -0.396 e. The van der Waals surface area contributed by atoms with Gasteiger partial charge in [-0.05, 0) is 18.8 Å². The summed E-state index contributed by atoms with van der Waals surface area (Å²) in [6.07, 6.45) is 0.673. The standard InChI is InChI=1S/C12H22N4O/c1-8-7-10(16-11(13)14-8)15-9(5-6-17)12(2,3)4/h7,9,17H,5-6H2,1-4H3,(H3,13,14,15,16). The molecule has 4 N–H and O–H groups in total. The van der Waals surface area contributed by atoms with Crippen molar-refractivity contribution in [2.45, 2.75) is 40.2 Å². The molecule has 1 unspecified atom stereocenters. The van der Waals surface area contributed by atoms with E-state index >= 15 is 0 Å². The van der Waals surface area contributed by atoms with E-state index in [0.29, 0.717) is 12.2 Å². The van der Waals surface area contributed by atoms with Crippen LogP contribution in [0.4, 0.5) is 11.8 Å². The summed E-state index contributed by atoms with van der Waals surface area (Å²) in [4.78, 5) is 8.17. The minimum atomic E-state index is 0.0380. The van der Waals surface area contributed by atoms with E-state index in [1.54, 1.807) is 0 Å². The second-order valence-corrected chi connectivity index (χ2v) is 5.33. The number of aliphatic hydroxyl groups is 1. The van der Waals surface area contributed by atoms with E-state index in [2.05, 4.69) is 36.1 Å². The highest BCUT2D eigenvalue weighted by Crippen LogP contribution is 2.25. The molecule has 5 nitrogen and oxygen atoms in total. The van der Waals surface area contributed by atoms with Gasteiger partial charge in [0.2, 0.25) is 5.95 Å².